The molecular weight excluding hydrogens is 318 g/mol. The Balaban J connectivity index is 1.53. The molecule has 0 bridgehead atoms. The molecule has 1 fully saturated rings. The van der Waals surface area contributed by atoms with E-state index >= 15 is 0 Å². The van der Waals surface area contributed by atoms with Gasteiger partial charge in [0.05, 0.1) is 18.3 Å². The van der Waals surface area contributed by atoms with Crippen LogP contribution in [0.1, 0.15) is 68.0 Å². The molecule has 7 nitrogen and oxygen atoms in total. The van der Waals surface area contributed by atoms with Gasteiger partial charge in [0.25, 0.3) is 0 Å². The lowest BCUT2D eigenvalue weighted by Crippen LogP contribution is -2.44. The standard InChI is InChI=1S/C18H25N5O2/c1-13-20-21-17-14(7-5-11-22(13)17)19-18(24)23-10-4-2-3-8-15(23)16-9-6-12-25-16/h6,9,12,14-15H,2-5,7-8,10-11H2,1H3,(H,19,24)/t14-,15-/m1/s1. The molecule has 0 radical (unpaired) electrons. The van der Waals surface area contributed by atoms with Crippen LogP contribution in [0.2, 0.25) is 0 Å². The topological polar surface area (TPSA) is 76.2 Å². The van der Waals surface area contributed by atoms with Crippen molar-refractivity contribution in [2.24, 2.45) is 0 Å². The smallest absolute Gasteiger partial charge is 0.318 e. The fourth-order valence-corrected chi connectivity index (χ4v) is 4.01. The number of hydrogen-bond acceptors (Lipinski definition) is 4. The molecule has 2 atom stereocenters. The van der Waals surface area contributed by atoms with E-state index in [2.05, 4.69) is 20.1 Å². The van der Waals surface area contributed by atoms with Crippen molar-refractivity contribution in [3.05, 3.63) is 35.8 Å². The lowest BCUT2D eigenvalue weighted by Gasteiger charge is -2.32. The van der Waals surface area contributed by atoms with Gasteiger partial charge in [-0.1, -0.05) is 12.8 Å². The van der Waals surface area contributed by atoms with Crippen LogP contribution in [-0.4, -0.2) is 32.2 Å². The second-order valence-electron chi connectivity index (χ2n) is 6.98. The van der Waals surface area contributed by atoms with Gasteiger partial charge in [-0.3, -0.25) is 0 Å². The lowest BCUT2D eigenvalue weighted by molar-refractivity contribution is 0.160. The quantitative estimate of drug-likeness (QED) is 0.907. The molecule has 1 saturated heterocycles. The molecule has 1 N–H and O–H groups in total. The second-order valence-corrected chi connectivity index (χ2v) is 6.98. The molecule has 0 saturated carbocycles. The summed E-state index contributed by atoms with van der Waals surface area (Å²) in [5.74, 6) is 2.67. The number of rotatable bonds is 2. The Hall–Kier alpha value is -2.31. The van der Waals surface area contributed by atoms with E-state index < -0.39 is 0 Å². The van der Waals surface area contributed by atoms with E-state index in [1.54, 1.807) is 6.26 Å². The van der Waals surface area contributed by atoms with E-state index in [1.165, 1.54) is 0 Å². The molecule has 0 spiro atoms. The molecular formula is C18H25N5O2. The van der Waals surface area contributed by atoms with Crippen LogP contribution in [0.15, 0.2) is 22.8 Å². The Kier molecular flexibility index (Phi) is 4.46. The van der Waals surface area contributed by atoms with Gasteiger partial charge in [0.1, 0.15) is 11.6 Å². The summed E-state index contributed by atoms with van der Waals surface area (Å²) in [6.07, 6.45) is 7.86. The fourth-order valence-electron chi connectivity index (χ4n) is 4.01. The van der Waals surface area contributed by atoms with E-state index in [-0.39, 0.29) is 18.1 Å². The van der Waals surface area contributed by atoms with Crippen molar-refractivity contribution in [3.63, 3.8) is 0 Å². The minimum atomic E-state index is -0.0667. The number of hydrogen-bond donors (Lipinski definition) is 1. The summed E-state index contributed by atoms with van der Waals surface area (Å²) in [5.41, 5.74) is 0. The van der Waals surface area contributed by atoms with E-state index in [0.29, 0.717) is 0 Å². The third kappa shape index (κ3) is 3.15. The van der Waals surface area contributed by atoms with Crippen molar-refractivity contribution in [2.45, 2.75) is 64.1 Å². The average Bonchev–Trinajstić information content (AvgIpc) is 3.20. The van der Waals surface area contributed by atoms with Crippen molar-refractivity contribution in [1.82, 2.24) is 25.0 Å². The van der Waals surface area contributed by atoms with Crippen molar-refractivity contribution in [3.8, 4) is 0 Å². The molecule has 2 aromatic rings. The zero-order chi connectivity index (χ0) is 17.2. The highest BCUT2D eigenvalue weighted by atomic mass is 16.3. The monoisotopic (exact) mass is 343 g/mol. The molecule has 134 valence electrons. The maximum Gasteiger partial charge on any atom is 0.318 e. The number of likely N-dealkylation sites (tertiary alicyclic amines) is 1. The summed E-state index contributed by atoms with van der Waals surface area (Å²) in [7, 11) is 0. The van der Waals surface area contributed by atoms with E-state index in [1.807, 2.05) is 24.0 Å². The Bertz CT molecular complexity index is 724. The van der Waals surface area contributed by atoms with Gasteiger partial charge in [0.2, 0.25) is 0 Å². The van der Waals surface area contributed by atoms with Crippen LogP contribution in [0.5, 0.6) is 0 Å². The van der Waals surface area contributed by atoms with Gasteiger partial charge in [-0.25, -0.2) is 4.79 Å². The molecule has 0 unspecified atom stereocenters. The van der Waals surface area contributed by atoms with Crippen molar-refractivity contribution < 1.29 is 9.21 Å². The van der Waals surface area contributed by atoms with Gasteiger partial charge in [0.15, 0.2) is 5.82 Å². The zero-order valence-corrected chi connectivity index (χ0v) is 14.6. The molecule has 4 rings (SSSR count). The minimum Gasteiger partial charge on any atom is -0.467 e. The molecule has 2 aromatic heterocycles. The number of nitrogens with zero attached hydrogens (tertiary/aromatic N) is 4. The van der Waals surface area contributed by atoms with Gasteiger partial charge >= 0.3 is 6.03 Å². The van der Waals surface area contributed by atoms with Crippen LogP contribution < -0.4 is 5.32 Å². The first-order valence-electron chi connectivity index (χ1n) is 9.24. The first-order chi connectivity index (χ1) is 12.2. The number of furan rings is 1. The SMILES string of the molecule is Cc1nnc2n1CCC[C@H]2NC(=O)N1CCCCC[C@@H]1c1ccco1. The molecule has 7 heteroatoms. The van der Waals surface area contributed by atoms with Gasteiger partial charge in [-0.05, 0) is 44.7 Å². The van der Waals surface area contributed by atoms with E-state index in [4.69, 9.17) is 4.42 Å². The molecule has 4 heterocycles. The number of aromatic nitrogens is 3. The number of carbonyl (C=O) groups is 1. The summed E-state index contributed by atoms with van der Waals surface area (Å²) >= 11 is 0. The van der Waals surface area contributed by atoms with Crippen molar-refractivity contribution in [2.75, 3.05) is 6.54 Å². The first kappa shape index (κ1) is 16.2. The van der Waals surface area contributed by atoms with Crippen LogP contribution in [0.3, 0.4) is 0 Å². The maximum absolute atomic E-state index is 13.1. The number of carbonyl (C=O) groups excluding carboxylic acids is 1. The number of urea groups is 1. The van der Waals surface area contributed by atoms with Crippen LogP contribution in [0.25, 0.3) is 0 Å². The summed E-state index contributed by atoms with van der Waals surface area (Å²) in [5, 5.41) is 11.7. The zero-order valence-electron chi connectivity index (χ0n) is 14.6. The molecule has 2 aliphatic heterocycles. The maximum atomic E-state index is 13.1. The molecule has 2 aliphatic rings. The highest BCUT2D eigenvalue weighted by Crippen LogP contribution is 2.31. The summed E-state index contributed by atoms with van der Waals surface area (Å²) in [6, 6.07) is 3.78. The molecule has 25 heavy (non-hydrogen) atoms. The number of fused-ring (bicyclic) bond motifs is 1. The summed E-state index contributed by atoms with van der Waals surface area (Å²) in [4.78, 5) is 15.0. The van der Waals surface area contributed by atoms with Crippen LogP contribution >= 0.6 is 0 Å². The molecule has 0 aliphatic carbocycles. The average molecular weight is 343 g/mol. The molecule has 2 amide bonds. The highest BCUT2D eigenvalue weighted by Gasteiger charge is 2.32. The third-order valence-corrected chi connectivity index (χ3v) is 5.33. The Labute approximate surface area is 147 Å². The Morgan fingerprint density at radius 1 is 1.20 bits per heavy atom. The third-order valence-electron chi connectivity index (χ3n) is 5.33. The lowest BCUT2D eigenvalue weighted by atomic mass is 10.1. The van der Waals surface area contributed by atoms with E-state index in [9.17, 15) is 4.79 Å². The largest absolute Gasteiger partial charge is 0.467 e. The number of nitrogens with one attached hydrogen (secondary N) is 1. The second kappa shape index (κ2) is 6.90. The first-order valence-corrected chi connectivity index (χ1v) is 9.24. The predicted octanol–water partition coefficient (Wildman–Crippen LogP) is 3.34. The van der Waals surface area contributed by atoms with Gasteiger partial charge in [-0.2, -0.15) is 0 Å². The van der Waals surface area contributed by atoms with Crippen LogP contribution in [-0.2, 0) is 6.54 Å². The fraction of sp³-hybridized carbons (Fsp3) is 0.611. The number of aryl methyl sites for hydroxylation is 1. The molecule has 0 aromatic carbocycles. The summed E-state index contributed by atoms with van der Waals surface area (Å²) < 4.78 is 7.72. The minimum absolute atomic E-state index is 0.0145. The van der Waals surface area contributed by atoms with Crippen LogP contribution in [0, 0.1) is 6.92 Å². The van der Waals surface area contributed by atoms with Crippen LogP contribution in [0.4, 0.5) is 4.79 Å². The Morgan fingerprint density at radius 2 is 2.12 bits per heavy atom. The Morgan fingerprint density at radius 3 is 2.96 bits per heavy atom. The number of amides is 2. The van der Waals surface area contributed by atoms with Gasteiger partial charge < -0.3 is 19.2 Å². The van der Waals surface area contributed by atoms with Crippen molar-refractivity contribution in [1.29, 1.82) is 0 Å². The van der Waals surface area contributed by atoms with Gasteiger partial charge in [0, 0.05) is 13.1 Å². The van der Waals surface area contributed by atoms with E-state index in [0.717, 1.165) is 69.0 Å². The van der Waals surface area contributed by atoms with Gasteiger partial charge in [-0.15, -0.1) is 10.2 Å². The normalized spacial score (nSPS) is 23.8. The highest BCUT2D eigenvalue weighted by molar-refractivity contribution is 5.75. The van der Waals surface area contributed by atoms with Crippen molar-refractivity contribution >= 4 is 6.03 Å². The predicted molar refractivity (Wildman–Crippen MR) is 91.9 cm³/mol. The summed E-state index contributed by atoms with van der Waals surface area (Å²) in [6.45, 7) is 3.65.